The van der Waals surface area contributed by atoms with Crippen LogP contribution in [0, 0.1) is 0 Å². The molecule has 0 saturated heterocycles. The van der Waals surface area contributed by atoms with E-state index in [1.165, 1.54) is 0 Å². The Morgan fingerprint density at radius 3 is 1.34 bits per heavy atom. The van der Waals surface area contributed by atoms with Crippen LogP contribution in [0.1, 0.15) is 26.2 Å². The number of fused-ring (bicyclic) bond motifs is 4. The van der Waals surface area contributed by atoms with Crippen molar-refractivity contribution in [3.05, 3.63) is 97.1 Å². The molecule has 0 bridgehead atoms. The molecule has 6 aromatic rings. The topological polar surface area (TPSA) is 70.2 Å². The average Bonchev–Trinajstić information content (AvgIpc) is 3.00. The molecule has 1 amide bonds. The molecule has 0 unspecified atom stereocenters. The molecule has 6 rings (SSSR count). The SMILES string of the molecule is CC(=O)N(CCCCNc1c2ccccc2nc2ccccc12)CCCNc1c2ccccc2nc2ccccc12. The second-order valence-electron chi connectivity index (χ2n) is 10.5. The molecule has 0 atom stereocenters. The number of nitrogens with one attached hydrogen (secondary N) is 2. The van der Waals surface area contributed by atoms with Crippen molar-refractivity contribution >= 4 is 60.9 Å². The number of carbonyl (C=O) groups excluding carboxylic acids is 1. The van der Waals surface area contributed by atoms with Crippen LogP contribution in [0.25, 0.3) is 43.6 Å². The minimum atomic E-state index is 0.129. The number of unbranched alkanes of at least 4 members (excludes halogenated alkanes) is 1. The molecule has 0 fully saturated rings. The number of amides is 1. The van der Waals surface area contributed by atoms with Crippen LogP contribution in [0.3, 0.4) is 0 Å². The van der Waals surface area contributed by atoms with Crippen LogP contribution in [-0.2, 0) is 4.79 Å². The van der Waals surface area contributed by atoms with E-state index in [2.05, 4.69) is 83.4 Å². The monoisotopic (exact) mass is 541 g/mol. The normalized spacial score (nSPS) is 11.3. The molecule has 0 aliphatic carbocycles. The zero-order valence-corrected chi connectivity index (χ0v) is 23.4. The van der Waals surface area contributed by atoms with Crippen molar-refractivity contribution in [2.75, 3.05) is 36.8 Å². The lowest BCUT2D eigenvalue weighted by Gasteiger charge is -2.22. The molecular weight excluding hydrogens is 506 g/mol. The summed E-state index contributed by atoms with van der Waals surface area (Å²) in [5.41, 5.74) is 6.22. The lowest BCUT2D eigenvalue weighted by molar-refractivity contribution is -0.128. The van der Waals surface area contributed by atoms with Gasteiger partial charge in [0.15, 0.2) is 0 Å². The fourth-order valence-electron chi connectivity index (χ4n) is 5.61. The number of anilines is 2. The van der Waals surface area contributed by atoms with Gasteiger partial charge in [-0.3, -0.25) is 4.79 Å². The molecule has 0 aliphatic heterocycles. The van der Waals surface area contributed by atoms with Crippen LogP contribution in [0.2, 0.25) is 0 Å². The van der Waals surface area contributed by atoms with Crippen LogP contribution < -0.4 is 10.6 Å². The third kappa shape index (κ3) is 5.78. The van der Waals surface area contributed by atoms with Crippen molar-refractivity contribution < 1.29 is 4.79 Å². The van der Waals surface area contributed by atoms with Crippen LogP contribution in [0.5, 0.6) is 0 Å². The largest absolute Gasteiger partial charge is 0.384 e. The summed E-state index contributed by atoms with van der Waals surface area (Å²) in [5.74, 6) is 0.129. The van der Waals surface area contributed by atoms with E-state index in [4.69, 9.17) is 9.97 Å². The molecule has 206 valence electrons. The zero-order valence-electron chi connectivity index (χ0n) is 23.4. The molecule has 6 nitrogen and oxygen atoms in total. The second kappa shape index (κ2) is 12.2. The van der Waals surface area contributed by atoms with Gasteiger partial charge in [0, 0.05) is 54.6 Å². The summed E-state index contributed by atoms with van der Waals surface area (Å²) in [6, 6.07) is 33.0. The van der Waals surface area contributed by atoms with Crippen LogP contribution >= 0.6 is 0 Å². The molecular formula is C35H35N5O. The van der Waals surface area contributed by atoms with Crippen LogP contribution in [-0.4, -0.2) is 47.0 Å². The molecule has 4 aromatic carbocycles. The maximum Gasteiger partial charge on any atom is 0.219 e. The first-order valence-electron chi connectivity index (χ1n) is 14.5. The van der Waals surface area contributed by atoms with Gasteiger partial charge in [-0.15, -0.1) is 0 Å². The number of aromatic nitrogens is 2. The Hall–Kier alpha value is -4.71. The molecule has 2 N–H and O–H groups in total. The highest BCUT2D eigenvalue weighted by Gasteiger charge is 2.12. The first-order valence-corrected chi connectivity index (χ1v) is 14.5. The Morgan fingerprint density at radius 1 is 0.561 bits per heavy atom. The minimum Gasteiger partial charge on any atom is -0.384 e. The second-order valence-corrected chi connectivity index (χ2v) is 10.5. The lowest BCUT2D eigenvalue weighted by Crippen LogP contribution is -2.32. The van der Waals surface area contributed by atoms with E-state index in [1.807, 2.05) is 29.2 Å². The molecule has 0 aliphatic rings. The number of benzene rings is 4. The number of nitrogens with zero attached hydrogens (tertiary/aromatic N) is 3. The summed E-state index contributed by atoms with van der Waals surface area (Å²) in [6.45, 7) is 4.79. The van der Waals surface area contributed by atoms with E-state index >= 15 is 0 Å². The highest BCUT2D eigenvalue weighted by atomic mass is 16.2. The summed E-state index contributed by atoms with van der Waals surface area (Å²) in [5, 5.41) is 11.9. The predicted octanol–water partition coefficient (Wildman–Crippen LogP) is 7.63. The number of rotatable bonds is 11. The van der Waals surface area contributed by atoms with Gasteiger partial charge in [-0.1, -0.05) is 72.8 Å². The number of pyridine rings is 2. The van der Waals surface area contributed by atoms with Gasteiger partial charge in [-0.05, 0) is 43.5 Å². The van der Waals surface area contributed by atoms with E-state index in [0.29, 0.717) is 0 Å². The maximum absolute atomic E-state index is 12.4. The van der Waals surface area contributed by atoms with Crippen molar-refractivity contribution in [3.8, 4) is 0 Å². The Kier molecular flexibility index (Phi) is 7.90. The summed E-state index contributed by atoms with van der Waals surface area (Å²) in [4.78, 5) is 24.0. The van der Waals surface area contributed by atoms with E-state index in [0.717, 1.165) is 100 Å². The Labute approximate surface area is 240 Å². The average molecular weight is 542 g/mol. The van der Waals surface area contributed by atoms with Crippen LogP contribution in [0.4, 0.5) is 11.4 Å². The van der Waals surface area contributed by atoms with E-state index in [1.54, 1.807) is 6.92 Å². The summed E-state index contributed by atoms with van der Waals surface area (Å²) in [7, 11) is 0. The Balaban J connectivity index is 1.03. The zero-order chi connectivity index (χ0) is 28.0. The lowest BCUT2D eigenvalue weighted by atomic mass is 10.1. The highest BCUT2D eigenvalue weighted by molar-refractivity contribution is 6.08. The predicted molar refractivity (Wildman–Crippen MR) is 172 cm³/mol. The molecule has 41 heavy (non-hydrogen) atoms. The summed E-state index contributed by atoms with van der Waals surface area (Å²) in [6.07, 6.45) is 2.79. The van der Waals surface area contributed by atoms with Crippen molar-refractivity contribution in [2.24, 2.45) is 0 Å². The van der Waals surface area contributed by atoms with Gasteiger partial charge in [0.05, 0.1) is 33.4 Å². The Morgan fingerprint density at radius 2 is 0.927 bits per heavy atom. The molecule has 6 heteroatoms. The van der Waals surface area contributed by atoms with Crippen molar-refractivity contribution in [3.63, 3.8) is 0 Å². The minimum absolute atomic E-state index is 0.129. The van der Waals surface area contributed by atoms with Gasteiger partial charge >= 0.3 is 0 Å². The first-order chi connectivity index (χ1) is 20.2. The van der Waals surface area contributed by atoms with E-state index in [9.17, 15) is 4.79 Å². The molecule has 0 spiro atoms. The van der Waals surface area contributed by atoms with Crippen molar-refractivity contribution in [2.45, 2.75) is 26.2 Å². The summed E-state index contributed by atoms with van der Waals surface area (Å²) < 4.78 is 0. The third-order valence-electron chi connectivity index (χ3n) is 7.68. The highest BCUT2D eigenvalue weighted by Crippen LogP contribution is 2.31. The fraction of sp³-hybridized carbons (Fsp3) is 0.229. The van der Waals surface area contributed by atoms with Gasteiger partial charge in [0.1, 0.15) is 0 Å². The van der Waals surface area contributed by atoms with Gasteiger partial charge in [0.2, 0.25) is 5.91 Å². The Bertz CT molecular complexity index is 1720. The smallest absolute Gasteiger partial charge is 0.219 e. The standard InChI is InChI=1S/C35H35N5O/c1-25(41)40(24-12-22-37-35-28-15-4-8-19-32(28)39-33-20-9-5-16-29(33)35)23-11-10-21-36-34-26-13-2-6-17-30(26)38-31-18-7-3-14-27(31)34/h2-9,13-20H,10-12,21-24H2,1H3,(H,36,38)(H,37,39). The number of hydrogen-bond donors (Lipinski definition) is 2. The van der Waals surface area contributed by atoms with E-state index in [-0.39, 0.29) is 5.91 Å². The fourth-order valence-corrected chi connectivity index (χ4v) is 5.61. The quantitative estimate of drug-likeness (QED) is 0.130. The van der Waals surface area contributed by atoms with Gasteiger partial charge in [-0.2, -0.15) is 0 Å². The molecule has 0 radical (unpaired) electrons. The van der Waals surface area contributed by atoms with Gasteiger partial charge in [0.25, 0.3) is 0 Å². The number of hydrogen-bond acceptors (Lipinski definition) is 5. The maximum atomic E-state index is 12.4. The number of para-hydroxylation sites is 4. The molecule has 0 saturated carbocycles. The van der Waals surface area contributed by atoms with E-state index < -0.39 is 0 Å². The number of carbonyl (C=O) groups is 1. The summed E-state index contributed by atoms with van der Waals surface area (Å²) >= 11 is 0. The van der Waals surface area contributed by atoms with Crippen molar-refractivity contribution in [1.82, 2.24) is 14.9 Å². The molecule has 2 aromatic heterocycles. The third-order valence-corrected chi connectivity index (χ3v) is 7.68. The van der Waals surface area contributed by atoms with Crippen molar-refractivity contribution in [1.29, 1.82) is 0 Å². The van der Waals surface area contributed by atoms with Gasteiger partial charge in [-0.25, -0.2) is 9.97 Å². The van der Waals surface area contributed by atoms with Gasteiger partial charge < -0.3 is 15.5 Å². The first kappa shape index (κ1) is 26.5. The van der Waals surface area contributed by atoms with Crippen LogP contribution in [0.15, 0.2) is 97.1 Å². The molecule has 2 heterocycles.